The van der Waals surface area contributed by atoms with E-state index in [-0.39, 0.29) is 12.1 Å². The van der Waals surface area contributed by atoms with E-state index in [2.05, 4.69) is 0 Å². The monoisotopic (exact) mass is 256 g/mol. The molecule has 1 aliphatic carbocycles. The molecule has 0 aromatic rings. The van der Waals surface area contributed by atoms with Crippen molar-refractivity contribution in [2.45, 2.75) is 52.1 Å². The minimum atomic E-state index is -0.941. The van der Waals surface area contributed by atoms with Gasteiger partial charge in [0.05, 0.1) is 0 Å². The quantitative estimate of drug-likeness (QED) is 0.791. The van der Waals surface area contributed by atoms with Crippen molar-refractivity contribution in [3.63, 3.8) is 0 Å². The second-order valence-corrected chi connectivity index (χ2v) is 5.35. The third-order valence-electron chi connectivity index (χ3n) is 3.46. The van der Waals surface area contributed by atoms with Gasteiger partial charge in [0.25, 0.3) is 0 Å². The molecule has 0 bridgehead atoms. The zero-order chi connectivity index (χ0) is 13.9. The first-order valence-electron chi connectivity index (χ1n) is 6.64. The third-order valence-corrected chi connectivity index (χ3v) is 3.46. The summed E-state index contributed by atoms with van der Waals surface area (Å²) in [7, 11) is 1.58. The van der Waals surface area contributed by atoms with Crippen LogP contribution in [-0.4, -0.2) is 52.6 Å². The van der Waals surface area contributed by atoms with Crippen LogP contribution in [0.2, 0.25) is 0 Å². The van der Waals surface area contributed by atoms with Gasteiger partial charge in [0.15, 0.2) is 0 Å². The number of hydrogen-bond acceptors (Lipinski definition) is 2. The Morgan fingerprint density at radius 1 is 1.33 bits per heavy atom. The van der Waals surface area contributed by atoms with Crippen LogP contribution in [0.25, 0.3) is 0 Å². The molecule has 1 aliphatic rings. The van der Waals surface area contributed by atoms with Crippen LogP contribution in [0, 0.1) is 5.92 Å². The Labute approximate surface area is 109 Å². The maximum atomic E-state index is 12.3. The molecule has 1 rings (SSSR count). The standard InChI is InChI=1S/C13H24N2O3/c1-5-11(12(16)17)14(4)13(18)15(9(2)3)8-10-6-7-10/h9-11H,5-8H2,1-4H3,(H,16,17). The number of nitrogens with zero attached hydrogens (tertiary/aromatic N) is 2. The SMILES string of the molecule is CCC(C(=O)O)N(C)C(=O)N(CC1CC1)C(C)C. The van der Waals surface area contributed by atoms with Crippen LogP contribution in [-0.2, 0) is 4.79 Å². The lowest BCUT2D eigenvalue weighted by Gasteiger charge is -2.33. The van der Waals surface area contributed by atoms with Crippen LogP contribution in [0.15, 0.2) is 0 Å². The van der Waals surface area contributed by atoms with E-state index in [0.717, 1.165) is 6.54 Å². The summed E-state index contributed by atoms with van der Waals surface area (Å²) in [5, 5.41) is 9.09. The molecule has 0 aromatic carbocycles. The van der Waals surface area contributed by atoms with Gasteiger partial charge in [0.1, 0.15) is 6.04 Å². The van der Waals surface area contributed by atoms with Crippen LogP contribution >= 0.6 is 0 Å². The van der Waals surface area contributed by atoms with Gasteiger partial charge in [-0.15, -0.1) is 0 Å². The second kappa shape index (κ2) is 6.07. The number of carbonyl (C=O) groups excluding carboxylic acids is 1. The van der Waals surface area contributed by atoms with Crippen LogP contribution < -0.4 is 0 Å². The van der Waals surface area contributed by atoms with Gasteiger partial charge in [-0.25, -0.2) is 9.59 Å². The Morgan fingerprint density at radius 3 is 2.22 bits per heavy atom. The molecule has 0 heterocycles. The van der Waals surface area contributed by atoms with Crippen molar-refractivity contribution in [3.8, 4) is 0 Å². The average molecular weight is 256 g/mol. The Balaban J connectivity index is 2.70. The number of carboxylic acids is 1. The Kier molecular flexibility index (Phi) is 4.99. The summed E-state index contributed by atoms with van der Waals surface area (Å²) in [6.07, 6.45) is 2.78. The van der Waals surface area contributed by atoms with Gasteiger partial charge >= 0.3 is 12.0 Å². The van der Waals surface area contributed by atoms with E-state index in [0.29, 0.717) is 12.3 Å². The second-order valence-electron chi connectivity index (χ2n) is 5.35. The number of likely N-dealkylation sites (N-methyl/N-ethyl adjacent to an activating group) is 1. The predicted molar refractivity (Wildman–Crippen MR) is 69.4 cm³/mol. The van der Waals surface area contributed by atoms with Crippen molar-refractivity contribution in [1.82, 2.24) is 9.80 Å². The number of urea groups is 1. The molecule has 5 nitrogen and oxygen atoms in total. The average Bonchev–Trinajstić information content (AvgIpc) is 3.08. The van der Waals surface area contributed by atoms with E-state index in [9.17, 15) is 9.59 Å². The minimum Gasteiger partial charge on any atom is -0.480 e. The van der Waals surface area contributed by atoms with Gasteiger partial charge in [-0.05, 0) is 39.0 Å². The summed E-state index contributed by atoms with van der Waals surface area (Å²) < 4.78 is 0. The molecule has 0 aliphatic heterocycles. The molecule has 1 atom stereocenters. The predicted octanol–water partition coefficient (Wildman–Crippen LogP) is 2.02. The van der Waals surface area contributed by atoms with Crippen molar-refractivity contribution in [2.75, 3.05) is 13.6 Å². The molecule has 1 saturated carbocycles. The first-order valence-corrected chi connectivity index (χ1v) is 6.64. The zero-order valence-corrected chi connectivity index (χ0v) is 11.7. The summed E-state index contributed by atoms with van der Waals surface area (Å²) in [5.74, 6) is -0.335. The fraction of sp³-hybridized carbons (Fsp3) is 0.846. The van der Waals surface area contributed by atoms with Crippen LogP contribution in [0.5, 0.6) is 0 Å². The molecule has 2 amide bonds. The summed E-state index contributed by atoms with van der Waals surface area (Å²) in [6.45, 7) is 6.46. The highest BCUT2D eigenvalue weighted by atomic mass is 16.4. The highest BCUT2D eigenvalue weighted by molar-refractivity contribution is 5.82. The first kappa shape index (κ1) is 14.8. The Hall–Kier alpha value is -1.26. The van der Waals surface area contributed by atoms with Gasteiger partial charge in [0.2, 0.25) is 0 Å². The lowest BCUT2D eigenvalue weighted by atomic mass is 10.2. The summed E-state index contributed by atoms with van der Waals surface area (Å²) in [5.41, 5.74) is 0. The van der Waals surface area contributed by atoms with Gasteiger partial charge in [0, 0.05) is 19.6 Å². The third kappa shape index (κ3) is 3.62. The fourth-order valence-electron chi connectivity index (χ4n) is 2.04. The minimum absolute atomic E-state index is 0.104. The maximum Gasteiger partial charge on any atom is 0.326 e. The number of hydrogen-bond donors (Lipinski definition) is 1. The van der Waals surface area contributed by atoms with Crippen LogP contribution in [0.4, 0.5) is 4.79 Å². The summed E-state index contributed by atoms with van der Waals surface area (Å²) >= 11 is 0. The molecule has 1 N–H and O–H groups in total. The van der Waals surface area contributed by atoms with E-state index in [4.69, 9.17) is 5.11 Å². The highest BCUT2D eigenvalue weighted by Gasteiger charge is 2.33. The maximum absolute atomic E-state index is 12.3. The van der Waals surface area contributed by atoms with Gasteiger partial charge in [-0.3, -0.25) is 0 Å². The Morgan fingerprint density at radius 2 is 1.89 bits per heavy atom. The molecule has 0 spiro atoms. The van der Waals surface area contributed by atoms with E-state index >= 15 is 0 Å². The van der Waals surface area contributed by atoms with E-state index in [1.54, 1.807) is 18.9 Å². The van der Waals surface area contributed by atoms with Crippen LogP contribution in [0.3, 0.4) is 0 Å². The molecule has 1 unspecified atom stereocenters. The zero-order valence-electron chi connectivity index (χ0n) is 11.7. The van der Waals surface area contributed by atoms with Crippen molar-refractivity contribution in [1.29, 1.82) is 0 Å². The molecular weight excluding hydrogens is 232 g/mol. The molecule has 0 saturated heterocycles. The van der Waals surface area contributed by atoms with Gasteiger partial charge < -0.3 is 14.9 Å². The molecule has 1 fully saturated rings. The normalized spacial score (nSPS) is 16.5. The van der Waals surface area contributed by atoms with Crippen molar-refractivity contribution in [2.24, 2.45) is 5.92 Å². The molecular formula is C13H24N2O3. The van der Waals surface area contributed by atoms with Gasteiger partial charge in [-0.2, -0.15) is 0 Å². The van der Waals surface area contributed by atoms with E-state index in [1.165, 1.54) is 17.7 Å². The lowest BCUT2D eigenvalue weighted by molar-refractivity contribution is -0.142. The molecule has 5 heteroatoms. The molecule has 0 aromatic heterocycles. The first-order chi connectivity index (χ1) is 8.38. The molecule has 18 heavy (non-hydrogen) atoms. The summed E-state index contributed by atoms with van der Waals surface area (Å²) in [4.78, 5) is 26.6. The summed E-state index contributed by atoms with van der Waals surface area (Å²) in [6, 6.07) is -0.809. The lowest BCUT2D eigenvalue weighted by Crippen LogP contribution is -2.51. The molecule has 104 valence electrons. The van der Waals surface area contributed by atoms with Crippen molar-refractivity contribution >= 4 is 12.0 Å². The van der Waals surface area contributed by atoms with Crippen LogP contribution in [0.1, 0.15) is 40.0 Å². The Bertz CT molecular complexity index is 313. The number of amides is 2. The van der Waals surface area contributed by atoms with Gasteiger partial charge in [-0.1, -0.05) is 6.92 Å². The smallest absolute Gasteiger partial charge is 0.326 e. The van der Waals surface area contributed by atoms with E-state index in [1.807, 2.05) is 13.8 Å². The topological polar surface area (TPSA) is 60.9 Å². The number of aliphatic carboxylic acids is 1. The number of rotatable bonds is 6. The fourth-order valence-corrected chi connectivity index (χ4v) is 2.04. The van der Waals surface area contributed by atoms with Crippen molar-refractivity contribution < 1.29 is 14.7 Å². The molecule has 0 radical (unpaired) electrons. The highest BCUT2D eigenvalue weighted by Crippen LogP contribution is 2.30. The number of carboxylic acid groups (broad SMARTS) is 1. The van der Waals surface area contributed by atoms with Crippen molar-refractivity contribution in [3.05, 3.63) is 0 Å². The largest absolute Gasteiger partial charge is 0.480 e. The van der Waals surface area contributed by atoms with E-state index < -0.39 is 12.0 Å². The number of carbonyl (C=O) groups is 2.